The van der Waals surface area contributed by atoms with Crippen LogP contribution in [0.25, 0.3) is 0 Å². The average Bonchev–Trinajstić information content (AvgIpc) is 2.81. The van der Waals surface area contributed by atoms with E-state index in [1.807, 2.05) is 13.0 Å². The van der Waals surface area contributed by atoms with Gasteiger partial charge in [-0.2, -0.15) is 0 Å². The summed E-state index contributed by atoms with van der Waals surface area (Å²) in [5.74, 6) is 0. The van der Waals surface area contributed by atoms with E-state index in [0.717, 1.165) is 17.3 Å². The smallest absolute Gasteiger partial charge is 0.154 e. The van der Waals surface area contributed by atoms with E-state index in [1.165, 1.54) is 38.8 Å². The molecule has 104 valence electrons. The molecular formula is C14H19Cl2N3. The fourth-order valence-corrected chi connectivity index (χ4v) is 3.91. The zero-order valence-corrected chi connectivity index (χ0v) is 12.6. The predicted octanol–water partition coefficient (Wildman–Crippen LogP) is 3.74. The number of anilines is 1. The fourth-order valence-electron chi connectivity index (χ4n) is 3.33. The molecule has 0 radical (unpaired) electrons. The minimum atomic E-state index is 0.457. The largest absolute Gasteiger partial charge is 0.379 e. The van der Waals surface area contributed by atoms with Crippen LogP contribution in [-0.4, -0.2) is 35.1 Å². The number of hydrogen-bond donors (Lipinski definition) is 1. The maximum atomic E-state index is 6.20. The van der Waals surface area contributed by atoms with E-state index in [0.29, 0.717) is 16.3 Å². The fraction of sp³-hybridized carbons (Fsp3) is 0.643. The summed E-state index contributed by atoms with van der Waals surface area (Å²) in [6.45, 7) is 4.49. The summed E-state index contributed by atoms with van der Waals surface area (Å²) in [6.07, 6.45) is 5.07. The highest BCUT2D eigenvalue weighted by molar-refractivity contribution is 6.34. The van der Waals surface area contributed by atoms with Crippen LogP contribution < -0.4 is 5.32 Å². The molecule has 1 aromatic heterocycles. The molecule has 2 saturated heterocycles. The lowest BCUT2D eigenvalue weighted by Crippen LogP contribution is -2.42. The van der Waals surface area contributed by atoms with E-state index >= 15 is 0 Å². The van der Waals surface area contributed by atoms with E-state index in [1.54, 1.807) is 0 Å². The molecule has 1 aromatic rings. The molecule has 2 aliphatic heterocycles. The van der Waals surface area contributed by atoms with Crippen molar-refractivity contribution in [3.63, 3.8) is 0 Å². The van der Waals surface area contributed by atoms with Gasteiger partial charge >= 0.3 is 0 Å². The van der Waals surface area contributed by atoms with Gasteiger partial charge in [-0.15, -0.1) is 0 Å². The van der Waals surface area contributed by atoms with Crippen molar-refractivity contribution >= 4 is 28.9 Å². The van der Waals surface area contributed by atoms with E-state index < -0.39 is 0 Å². The lowest BCUT2D eigenvalue weighted by molar-refractivity contribution is 0.188. The zero-order chi connectivity index (χ0) is 13.4. The zero-order valence-electron chi connectivity index (χ0n) is 11.1. The van der Waals surface area contributed by atoms with Gasteiger partial charge in [0.15, 0.2) is 5.15 Å². The highest BCUT2D eigenvalue weighted by atomic mass is 35.5. The highest BCUT2D eigenvalue weighted by Gasteiger charge is 2.31. The summed E-state index contributed by atoms with van der Waals surface area (Å²) < 4.78 is 0. The first-order chi connectivity index (χ1) is 9.13. The molecule has 2 fully saturated rings. The summed E-state index contributed by atoms with van der Waals surface area (Å²) in [4.78, 5) is 6.74. The number of piperidine rings is 1. The lowest BCUT2D eigenvalue weighted by Gasteiger charge is -2.35. The summed E-state index contributed by atoms with van der Waals surface area (Å²) >= 11 is 12.1. The number of rotatable bonds is 2. The second-order valence-corrected chi connectivity index (χ2v) is 6.37. The second kappa shape index (κ2) is 5.47. The van der Waals surface area contributed by atoms with Crippen LogP contribution in [0.3, 0.4) is 0 Å². The Balaban J connectivity index is 1.72. The monoisotopic (exact) mass is 299 g/mol. The number of aryl methyl sites for hydroxylation is 1. The normalized spacial score (nSPS) is 27.3. The van der Waals surface area contributed by atoms with Crippen molar-refractivity contribution in [2.75, 3.05) is 18.4 Å². The Morgan fingerprint density at radius 2 is 2.16 bits per heavy atom. The molecule has 5 heteroatoms. The van der Waals surface area contributed by atoms with Crippen molar-refractivity contribution < 1.29 is 0 Å². The van der Waals surface area contributed by atoms with Crippen LogP contribution >= 0.6 is 23.2 Å². The Morgan fingerprint density at radius 1 is 1.32 bits per heavy atom. The third-order valence-corrected chi connectivity index (χ3v) is 4.78. The first-order valence-corrected chi connectivity index (χ1v) is 7.72. The summed E-state index contributed by atoms with van der Waals surface area (Å²) in [6, 6.07) is 3.12. The molecular weight excluding hydrogens is 281 g/mol. The first-order valence-electron chi connectivity index (χ1n) is 6.96. The first kappa shape index (κ1) is 13.5. The van der Waals surface area contributed by atoms with Crippen molar-refractivity contribution in [3.8, 4) is 0 Å². The molecule has 1 N–H and O–H groups in total. The average molecular weight is 300 g/mol. The Morgan fingerprint density at radius 3 is 2.95 bits per heavy atom. The quantitative estimate of drug-likeness (QED) is 0.843. The van der Waals surface area contributed by atoms with E-state index in [-0.39, 0.29) is 0 Å². The number of aromatic nitrogens is 1. The Kier molecular flexibility index (Phi) is 3.88. The van der Waals surface area contributed by atoms with Crippen molar-refractivity contribution in [3.05, 3.63) is 21.9 Å². The third-order valence-electron chi connectivity index (χ3n) is 4.31. The van der Waals surface area contributed by atoms with E-state index in [2.05, 4.69) is 15.2 Å². The maximum absolute atomic E-state index is 6.20. The second-order valence-electron chi connectivity index (χ2n) is 5.63. The van der Waals surface area contributed by atoms with E-state index in [9.17, 15) is 0 Å². The molecule has 3 rings (SSSR count). The van der Waals surface area contributed by atoms with Crippen molar-refractivity contribution in [1.29, 1.82) is 0 Å². The van der Waals surface area contributed by atoms with Crippen molar-refractivity contribution in [2.45, 2.75) is 44.7 Å². The number of pyridine rings is 1. The van der Waals surface area contributed by atoms with Crippen LogP contribution in [0.4, 0.5) is 5.69 Å². The summed E-state index contributed by atoms with van der Waals surface area (Å²) in [5, 5.41) is 4.52. The number of nitrogens with one attached hydrogen (secondary N) is 1. The SMILES string of the molecule is Cc1cc(Cl)nc(Cl)c1NC1CCN2CCCC2C1. The van der Waals surface area contributed by atoms with Gasteiger partial charge in [-0.25, -0.2) is 4.98 Å². The van der Waals surface area contributed by atoms with Crippen LogP contribution in [0.15, 0.2) is 6.07 Å². The predicted molar refractivity (Wildman–Crippen MR) is 80.2 cm³/mol. The molecule has 0 aliphatic carbocycles. The van der Waals surface area contributed by atoms with Gasteiger partial charge in [-0.1, -0.05) is 23.2 Å². The van der Waals surface area contributed by atoms with Gasteiger partial charge in [0.25, 0.3) is 0 Å². The Labute approximate surface area is 124 Å². The molecule has 3 heterocycles. The van der Waals surface area contributed by atoms with Crippen LogP contribution in [0.2, 0.25) is 10.3 Å². The van der Waals surface area contributed by atoms with Gasteiger partial charge in [0.1, 0.15) is 5.15 Å². The standard InChI is InChI=1S/C14H19Cl2N3/c1-9-7-12(15)18-14(16)13(9)17-10-4-6-19-5-2-3-11(19)8-10/h7,10-11,17H,2-6,8H2,1H3. The molecule has 2 unspecified atom stereocenters. The third kappa shape index (κ3) is 2.83. The van der Waals surface area contributed by atoms with Crippen molar-refractivity contribution in [1.82, 2.24) is 9.88 Å². The summed E-state index contributed by atoms with van der Waals surface area (Å²) in [7, 11) is 0. The molecule has 19 heavy (non-hydrogen) atoms. The van der Waals surface area contributed by atoms with Gasteiger partial charge < -0.3 is 10.2 Å². The number of nitrogens with zero attached hydrogens (tertiary/aromatic N) is 2. The van der Waals surface area contributed by atoms with Gasteiger partial charge in [-0.3, -0.25) is 0 Å². The Bertz CT molecular complexity index is 455. The molecule has 2 aliphatic rings. The minimum Gasteiger partial charge on any atom is -0.379 e. The van der Waals surface area contributed by atoms with Crippen LogP contribution in [0.1, 0.15) is 31.2 Å². The molecule has 2 atom stereocenters. The molecule has 0 bridgehead atoms. The number of hydrogen-bond acceptors (Lipinski definition) is 3. The van der Waals surface area contributed by atoms with Gasteiger partial charge in [0.05, 0.1) is 5.69 Å². The van der Waals surface area contributed by atoms with Gasteiger partial charge in [0.2, 0.25) is 0 Å². The highest BCUT2D eigenvalue weighted by Crippen LogP contribution is 2.32. The minimum absolute atomic E-state index is 0.457. The summed E-state index contributed by atoms with van der Waals surface area (Å²) in [5.41, 5.74) is 2.02. The number of halogens is 2. The van der Waals surface area contributed by atoms with Crippen LogP contribution in [0, 0.1) is 6.92 Å². The molecule has 0 amide bonds. The molecule has 3 nitrogen and oxygen atoms in total. The lowest BCUT2D eigenvalue weighted by atomic mass is 9.97. The van der Waals surface area contributed by atoms with Crippen LogP contribution in [0.5, 0.6) is 0 Å². The topological polar surface area (TPSA) is 28.2 Å². The number of fused-ring (bicyclic) bond motifs is 1. The molecule has 0 aromatic carbocycles. The van der Waals surface area contributed by atoms with Gasteiger partial charge in [0, 0.05) is 18.6 Å². The molecule has 0 saturated carbocycles. The van der Waals surface area contributed by atoms with Gasteiger partial charge in [-0.05, 0) is 50.8 Å². The Hall–Kier alpha value is -0.510. The molecule has 0 spiro atoms. The van der Waals surface area contributed by atoms with E-state index in [4.69, 9.17) is 23.2 Å². The maximum Gasteiger partial charge on any atom is 0.154 e. The van der Waals surface area contributed by atoms with Crippen molar-refractivity contribution in [2.24, 2.45) is 0 Å². The van der Waals surface area contributed by atoms with Crippen LogP contribution in [-0.2, 0) is 0 Å².